The van der Waals surface area contributed by atoms with Crippen molar-refractivity contribution >= 4 is 29.3 Å². The zero-order valence-electron chi connectivity index (χ0n) is 21.5. The second-order valence-electron chi connectivity index (χ2n) is 9.24. The molecule has 0 bridgehead atoms. The molecule has 198 valence electrons. The van der Waals surface area contributed by atoms with Crippen LogP contribution in [0, 0.1) is 6.92 Å². The van der Waals surface area contributed by atoms with Gasteiger partial charge < -0.3 is 15.8 Å². The Morgan fingerprint density at radius 2 is 1.95 bits per heavy atom. The lowest BCUT2D eigenvalue weighted by atomic mass is 9.87. The number of amides is 2. The van der Waals surface area contributed by atoms with Crippen LogP contribution in [0.15, 0.2) is 83.6 Å². The van der Waals surface area contributed by atoms with Crippen LogP contribution in [0.3, 0.4) is 0 Å². The van der Waals surface area contributed by atoms with Gasteiger partial charge in [-0.05, 0) is 44.2 Å². The molecule has 0 unspecified atom stereocenters. The molecule has 0 saturated heterocycles. The van der Waals surface area contributed by atoms with Gasteiger partial charge in [-0.1, -0.05) is 73.3 Å². The van der Waals surface area contributed by atoms with Crippen molar-refractivity contribution in [2.45, 2.75) is 51.5 Å². The molecule has 0 radical (unpaired) electrons. The highest BCUT2D eigenvalue weighted by Crippen LogP contribution is 2.33. The lowest BCUT2D eigenvalue weighted by Gasteiger charge is -2.19. The van der Waals surface area contributed by atoms with Crippen molar-refractivity contribution < 1.29 is 9.53 Å². The molecule has 2 aromatic carbocycles. The van der Waals surface area contributed by atoms with E-state index in [1.54, 1.807) is 10.7 Å². The number of halogens is 1. The van der Waals surface area contributed by atoms with Crippen molar-refractivity contribution in [3.05, 3.63) is 95.4 Å². The Hall–Kier alpha value is -4.04. The van der Waals surface area contributed by atoms with E-state index in [9.17, 15) is 4.79 Å². The van der Waals surface area contributed by atoms with Crippen LogP contribution in [0.1, 0.15) is 54.8 Å². The van der Waals surface area contributed by atoms with E-state index in [0.29, 0.717) is 17.5 Å². The maximum Gasteiger partial charge on any atom is 0.320 e. The van der Waals surface area contributed by atoms with Gasteiger partial charge in [-0.15, -0.1) is 0 Å². The summed E-state index contributed by atoms with van der Waals surface area (Å²) in [6.45, 7) is 5.82. The minimum Gasteiger partial charge on any atom is -0.439 e. The normalized spacial score (nSPS) is 14.4. The summed E-state index contributed by atoms with van der Waals surface area (Å²) in [5.41, 5.74) is 9.31. The van der Waals surface area contributed by atoms with Gasteiger partial charge in [0.05, 0.1) is 11.4 Å². The highest BCUT2D eigenvalue weighted by Gasteiger charge is 2.21. The predicted molar refractivity (Wildman–Crippen MR) is 153 cm³/mol. The number of benzene rings is 2. The topological polar surface area (TPSA) is 107 Å². The van der Waals surface area contributed by atoms with Crippen LogP contribution in [0.25, 0.3) is 5.69 Å². The first-order valence-electron chi connectivity index (χ1n) is 12.7. The highest BCUT2D eigenvalue weighted by atomic mass is 35.5. The molecule has 0 spiro atoms. The number of rotatable bonds is 8. The molecular formula is C29H33ClN6O2. The van der Waals surface area contributed by atoms with Crippen LogP contribution in [0.5, 0.6) is 5.75 Å². The average Bonchev–Trinajstić information content (AvgIpc) is 3.32. The number of urea groups is 1. The number of ether oxygens (including phenoxy) is 1. The molecule has 1 fully saturated rings. The van der Waals surface area contributed by atoms with Gasteiger partial charge in [0, 0.05) is 30.2 Å². The number of carbonyl (C=O) groups excluding carboxylic acids is 1. The largest absolute Gasteiger partial charge is 0.439 e. The molecule has 1 saturated carbocycles. The fourth-order valence-corrected chi connectivity index (χ4v) is 4.55. The monoisotopic (exact) mass is 532 g/mol. The first-order chi connectivity index (χ1) is 18.4. The fourth-order valence-electron chi connectivity index (χ4n) is 4.46. The minimum atomic E-state index is -0.354. The summed E-state index contributed by atoms with van der Waals surface area (Å²) in [5, 5.41) is 10.9. The van der Waals surface area contributed by atoms with Gasteiger partial charge in [-0.25, -0.2) is 14.5 Å². The fraction of sp³-hybridized carbons (Fsp3) is 0.276. The van der Waals surface area contributed by atoms with E-state index in [-0.39, 0.29) is 23.6 Å². The number of aryl methyl sites for hydroxylation is 1. The molecule has 4 N–H and O–H groups in total. The number of nitrogens with one attached hydrogen (secondary N) is 2. The first kappa shape index (κ1) is 27.0. The number of hydrogen-bond donors (Lipinski definition) is 3. The van der Waals surface area contributed by atoms with E-state index in [4.69, 9.17) is 27.2 Å². The molecule has 9 heteroatoms. The summed E-state index contributed by atoms with van der Waals surface area (Å²) >= 11 is 5.80. The Bertz CT molecular complexity index is 1320. The van der Waals surface area contributed by atoms with E-state index in [0.717, 1.165) is 35.3 Å². The second kappa shape index (κ2) is 13.0. The van der Waals surface area contributed by atoms with Crippen molar-refractivity contribution in [3.8, 4) is 11.4 Å². The molecule has 0 atom stereocenters. The van der Waals surface area contributed by atoms with Gasteiger partial charge in [-0.3, -0.25) is 5.32 Å². The maximum atomic E-state index is 13.0. The van der Waals surface area contributed by atoms with Crippen LogP contribution in [0.2, 0.25) is 0 Å². The number of para-hydroxylation sites is 1. The minimum absolute atomic E-state index is 0.0610. The number of anilines is 1. The van der Waals surface area contributed by atoms with E-state index >= 15 is 0 Å². The molecule has 2 amide bonds. The van der Waals surface area contributed by atoms with Crippen molar-refractivity contribution in [3.63, 3.8) is 0 Å². The zero-order valence-corrected chi connectivity index (χ0v) is 22.2. The molecule has 8 nitrogen and oxygen atoms in total. The summed E-state index contributed by atoms with van der Waals surface area (Å²) in [4.78, 5) is 17.0. The van der Waals surface area contributed by atoms with Crippen LogP contribution < -0.4 is 21.1 Å². The molecule has 1 aliphatic carbocycles. The van der Waals surface area contributed by atoms with E-state index in [1.165, 1.54) is 31.5 Å². The Morgan fingerprint density at radius 3 is 2.66 bits per heavy atom. The van der Waals surface area contributed by atoms with Gasteiger partial charge in [0.25, 0.3) is 0 Å². The molecule has 1 aliphatic rings. The van der Waals surface area contributed by atoms with Crippen molar-refractivity contribution in [2.24, 2.45) is 10.7 Å². The molecule has 38 heavy (non-hydrogen) atoms. The van der Waals surface area contributed by atoms with Crippen molar-refractivity contribution in [2.75, 3.05) is 5.32 Å². The molecular weight excluding hydrogens is 500 g/mol. The predicted octanol–water partition coefficient (Wildman–Crippen LogP) is 6.51. The van der Waals surface area contributed by atoms with Crippen molar-refractivity contribution in [1.82, 2.24) is 15.1 Å². The zero-order chi connectivity index (χ0) is 26.9. The highest BCUT2D eigenvalue weighted by molar-refractivity contribution is 6.29. The maximum absolute atomic E-state index is 13.0. The molecule has 4 rings (SSSR count). The van der Waals surface area contributed by atoms with Crippen LogP contribution in [0.4, 0.5) is 10.6 Å². The molecule has 3 aromatic rings. The third-order valence-corrected chi connectivity index (χ3v) is 6.45. The number of carbonyl (C=O) groups is 1. The molecule has 1 heterocycles. The third kappa shape index (κ3) is 7.26. The van der Waals surface area contributed by atoms with Gasteiger partial charge in [0.1, 0.15) is 16.7 Å². The Balaban J connectivity index is 1.50. The summed E-state index contributed by atoms with van der Waals surface area (Å²) < 4.78 is 7.66. The summed E-state index contributed by atoms with van der Waals surface area (Å²) in [6, 6.07) is 17.0. The SMILES string of the molecule is C=C(Cl)/N=C(\C=C/N)Oc1ccccc1CNC(=O)Nc1cc(C2CCCCC2)nn1-c1ccc(C)cc1. The lowest BCUT2D eigenvalue weighted by molar-refractivity contribution is 0.251. The quantitative estimate of drug-likeness (QED) is 0.174. The average molecular weight is 533 g/mol. The Kier molecular flexibility index (Phi) is 9.21. The standard InChI is InChI=1S/C29H33ClN6O2/c1-20-12-14-24(15-13-20)36-27(18-25(35-36)22-8-4-3-5-9-22)34-29(37)32-19-23-10-6-7-11-26(23)38-28(16-17-31)33-21(2)30/h6-7,10-18,22H,2-5,8-9,19,31H2,1H3,(H2,32,34,37)/b17-16-,33-28+. The smallest absolute Gasteiger partial charge is 0.320 e. The lowest BCUT2D eigenvalue weighted by Crippen LogP contribution is -2.29. The Labute approximate surface area is 228 Å². The molecule has 0 aliphatic heterocycles. The van der Waals surface area contributed by atoms with E-state index in [2.05, 4.69) is 22.2 Å². The van der Waals surface area contributed by atoms with Crippen molar-refractivity contribution in [1.29, 1.82) is 0 Å². The number of hydrogen-bond acceptors (Lipinski definition) is 5. The van der Waals surface area contributed by atoms with Crippen LogP contribution >= 0.6 is 11.6 Å². The van der Waals surface area contributed by atoms with E-state index < -0.39 is 0 Å². The number of aromatic nitrogens is 2. The van der Waals surface area contributed by atoms with Crippen LogP contribution in [-0.4, -0.2) is 21.7 Å². The van der Waals surface area contributed by atoms with E-state index in [1.807, 2.05) is 55.5 Å². The first-order valence-corrected chi connectivity index (χ1v) is 13.1. The second-order valence-corrected chi connectivity index (χ2v) is 9.68. The van der Waals surface area contributed by atoms with Gasteiger partial charge in [-0.2, -0.15) is 5.10 Å². The number of aliphatic imine (C=N–C) groups is 1. The summed E-state index contributed by atoms with van der Waals surface area (Å²) in [7, 11) is 0. The Morgan fingerprint density at radius 1 is 1.21 bits per heavy atom. The van der Waals surface area contributed by atoms with Gasteiger partial charge in [0.2, 0.25) is 5.90 Å². The van der Waals surface area contributed by atoms with Gasteiger partial charge in [0.15, 0.2) is 0 Å². The summed E-state index contributed by atoms with van der Waals surface area (Å²) in [5.74, 6) is 1.72. The van der Waals surface area contributed by atoms with Gasteiger partial charge >= 0.3 is 6.03 Å². The third-order valence-electron chi connectivity index (χ3n) is 6.37. The molecule has 1 aromatic heterocycles. The van der Waals surface area contributed by atoms with Crippen LogP contribution in [-0.2, 0) is 6.54 Å². The summed E-state index contributed by atoms with van der Waals surface area (Å²) in [6.07, 6.45) is 8.69. The number of nitrogens with zero attached hydrogens (tertiary/aromatic N) is 3. The number of nitrogens with two attached hydrogens (primary N) is 1.